The molecule has 0 unspecified atom stereocenters. The summed E-state index contributed by atoms with van der Waals surface area (Å²) in [6.45, 7) is 5.80. The second kappa shape index (κ2) is 7.69. The zero-order valence-electron chi connectivity index (χ0n) is 13.7. The summed E-state index contributed by atoms with van der Waals surface area (Å²) < 4.78 is 6.93. The number of hydrogen-bond donors (Lipinski definition) is 2. The minimum atomic E-state index is -0.521. The molecule has 1 heterocycles. The lowest BCUT2D eigenvalue weighted by Crippen LogP contribution is -2.50. The first-order valence-electron chi connectivity index (χ1n) is 7.66. The van der Waals surface area contributed by atoms with E-state index in [0.29, 0.717) is 18.8 Å². The van der Waals surface area contributed by atoms with E-state index in [2.05, 4.69) is 10.4 Å². The first-order valence-corrected chi connectivity index (χ1v) is 7.66. The number of aromatic nitrogens is 2. The van der Waals surface area contributed by atoms with Crippen LogP contribution < -0.4 is 15.8 Å². The number of benzene rings is 1. The van der Waals surface area contributed by atoms with Gasteiger partial charge in [0.25, 0.3) is 0 Å². The van der Waals surface area contributed by atoms with Gasteiger partial charge in [0.15, 0.2) is 6.04 Å². The Morgan fingerprint density at radius 3 is 2.70 bits per heavy atom. The maximum atomic E-state index is 12.2. The van der Waals surface area contributed by atoms with E-state index in [-0.39, 0.29) is 5.97 Å². The van der Waals surface area contributed by atoms with Gasteiger partial charge in [-0.3, -0.25) is 0 Å². The lowest BCUT2D eigenvalue weighted by molar-refractivity contribution is -0.704. The van der Waals surface area contributed by atoms with Crippen molar-refractivity contribution < 1.29 is 14.1 Å². The first kappa shape index (κ1) is 16.9. The zero-order valence-corrected chi connectivity index (χ0v) is 13.7. The van der Waals surface area contributed by atoms with Gasteiger partial charge in [-0.05, 0) is 26.3 Å². The number of carbonyl (C=O) groups excluding carboxylic acids is 1. The van der Waals surface area contributed by atoms with E-state index in [4.69, 9.17) is 10.6 Å². The van der Waals surface area contributed by atoms with Crippen LogP contribution in [0.3, 0.4) is 0 Å². The lowest BCUT2D eigenvalue weighted by Gasteiger charge is -2.16. The quantitative estimate of drug-likeness (QED) is 0.367. The van der Waals surface area contributed by atoms with E-state index >= 15 is 0 Å². The summed E-state index contributed by atoms with van der Waals surface area (Å²) in [4.78, 5) is 16.8. The van der Waals surface area contributed by atoms with Gasteiger partial charge in [0, 0.05) is 0 Å². The molecule has 0 amide bonds. The van der Waals surface area contributed by atoms with Gasteiger partial charge in [0.05, 0.1) is 19.1 Å². The van der Waals surface area contributed by atoms with Crippen LogP contribution in [0, 0.1) is 6.92 Å². The van der Waals surface area contributed by atoms with Gasteiger partial charge in [-0.1, -0.05) is 30.3 Å². The molecule has 1 aromatic heterocycles. The van der Waals surface area contributed by atoms with Gasteiger partial charge in [0.2, 0.25) is 11.6 Å². The molecule has 1 atom stereocenters. The van der Waals surface area contributed by atoms with Crippen molar-refractivity contribution in [3.8, 4) is 0 Å². The second-order valence-corrected chi connectivity index (χ2v) is 5.30. The zero-order chi connectivity index (χ0) is 16.8. The molecule has 0 aliphatic carbocycles. The van der Waals surface area contributed by atoms with E-state index in [1.54, 1.807) is 18.4 Å². The Hall–Kier alpha value is -2.47. The Kier molecular flexibility index (Phi) is 5.65. The summed E-state index contributed by atoms with van der Waals surface area (Å²) in [7, 11) is 0. The molecule has 0 aliphatic heterocycles. The summed E-state index contributed by atoms with van der Waals surface area (Å²) in [6.07, 6.45) is 0.598. The van der Waals surface area contributed by atoms with E-state index in [0.717, 1.165) is 17.1 Å². The van der Waals surface area contributed by atoms with Crippen molar-refractivity contribution in [2.24, 2.45) is 5.84 Å². The lowest BCUT2D eigenvalue weighted by atomic mass is 10.1. The number of nitrogen functional groups attached to an aromatic ring is 1. The molecule has 3 N–H and O–H groups in total. The van der Waals surface area contributed by atoms with Crippen molar-refractivity contribution in [3.63, 3.8) is 0 Å². The number of hydrazine groups is 1. The first-order chi connectivity index (χ1) is 11.1. The predicted molar refractivity (Wildman–Crippen MR) is 87.6 cm³/mol. The molecular weight excluding hydrogens is 292 g/mol. The maximum absolute atomic E-state index is 12.2. The minimum absolute atomic E-state index is 0.311. The fourth-order valence-corrected chi connectivity index (χ4v) is 2.51. The van der Waals surface area contributed by atoms with Crippen LogP contribution in [0.4, 0.5) is 5.82 Å². The Bertz CT molecular complexity index is 674. The summed E-state index contributed by atoms with van der Waals surface area (Å²) in [6, 6.07) is 11.3. The van der Waals surface area contributed by atoms with Crippen molar-refractivity contribution in [1.82, 2.24) is 4.98 Å². The molecule has 0 bridgehead atoms. The molecule has 0 aliphatic rings. The minimum Gasteiger partial charge on any atom is -0.463 e. The highest BCUT2D eigenvalue weighted by Crippen LogP contribution is 2.13. The monoisotopic (exact) mass is 315 g/mol. The Morgan fingerprint density at radius 2 is 2.09 bits per heavy atom. The number of aryl methyl sites for hydroxylation is 1. The molecule has 0 saturated carbocycles. The SMILES string of the molecule is CCOC(=O)[C@H](C)[n+]1c(NN)cc(C)nc1Cc1ccccc1. The summed E-state index contributed by atoms with van der Waals surface area (Å²) in [5, 5.41) is 0. The fraction of sp³-hybridized carbons (Fsp3) is 0.353. The number of esters is 1. The molecule has 1 aromatic carbocycles. The Morgan fingerprint density at radius 1 is 1.39 bits per heavy atom. The molecule has 0 saturated heterocycles. The molecule has 23 heavy (non-hydrogen) atoms. The number of hydrogen-bond acceptors (Lipinski definition) is 5. The van der Waals surface area contributed by atoms with Gasteiger partial charge in [0.1, 0.15) is 5.69 Å². The number of nitrogens with zero attached hydrogens (tertiary/aromatic N) is 2. The molecule has 122 valence electrons. The Labute approximate surface area is 136 Å². The van der Waals surface area contributed by atoms with Crippen LogP contribution in [0.5, 0.6) is 0 Å². The second-order valence-electron chi connectivity index (χ2n) is 5.30. The van der Waals surface area contributed by atoms with Crippen molar-refractivity contribution in [1.29, 1.82) is 0 Å². The van der Waals surface area contributed by atoms with E-state index in [1.807, 2.05) is 43.3 Å². The van der Waals surface area contributed by atoms with Crippen LogP contribution in [0.15, 0.2) is 36.4 Å². The van der Waals surface area contributed by atoms with Crippen LogP contribution in [-0.4, -0.2) is 17.6 Å². The van der Waals surface area contributed by atoms with Gasteiger partial charge in [-0.25, -0.2) is 20.6 Å². The molecule has 6 nitrogen and oxygen atoms in total. The van der Waals surface area contributed by atoms with Crippen LogP contribution in [-0.2, 0) is 16.0 Å². The summed E-state index contributed by atoms with van der Waals surface area (Å²) in [5.74, 6) is 6.71. The van der Waals surface area contributed by atoms with Gasteiger partial charge < -0.3 is 4.74 Å². The van der Waals surface area contributed by atoms with Crippen molar-refractivity contribution in [3.05, 3.63) is 53.5 Å². The molecule has 2 rings (SSSR count). The smallest absolute Gasteiger partial charge is 0.343 e. The average molecular weight is 315 g/mol. The van der Waals surface area contributed by atoms with Crippen LogP contribution in [0.1, 0.15) is 37.0 Å². The number of nitrogens with two attached hydrogens (primary N) is 1. The standard InChI is InChI=1S/C17H22N4O2/c1-4-23-17(22)13(3)21-15(11-14-8-6-5-7-9-14)19-12(2)10-16(21)20-18/h5-10,13H,4,11,18H2,1-3H3/p+1/t13-/m0/s1. The number of rotatable bonds is 6. The van der Waals surface area contributed by atoms with Gasteiger partial charge >= 0.3 is 5.97 Å². The van der Waals surface area contributed by atoms with Gasteiger partial charge in [-0.15, -0.1) is 4.98 Å². The number of ether oxygens (including phenoxy) is 1. The van der Waals surface area contributed by atoms with Crippen LogP contribution in [0.2, 0.25) is 0 Å². The maximum Gasteiger partial charge on any atom is 0.343 e. The van der Waals surface area contributed by atoms with Crippen LogP contribution in [0.25, 0.3) is 0 Å². The molecule has 0 spiro atoms. The number of carbonyl (C=O) groups is 1. The normalized spacial score (nSPS) is 11.8. The van der Waals surface area contributed by atoms with E-state index in [9.17, 15) is 4.79 Å². The topological polar surface area (TPSA) is 81.1 Å². The average Bonchev–Trinajstić information content (AvgIpc) is 2.55. The summed E-state index contributed by atoms with van der Waals surface area (Å²) in [5.41, 5.74) is 4.60. The van der Waals surface area contributed by atoms with Crippen LogP contribution >= 0.6 is 0 Å². The molecule has 6 heteroatoms. The molecule has 2 aromatic rings. The molecule has 0 radical (unpaired) electrons. The predicted octanol–water partition coefficient (Wildman–Crippen LogP) is 1.68. The van der Waals surface area contributed by atoms with E-state index in [1.165, 1.54) is 0 Å². The summed E-state index contributed by atoms with van der Waals surface area (Å²) >= 11 is 0. The van der Waals surface area contributed by atoms with Crippen molar-refractivity contribution >= 4 is 11.8 Å². The van der Waals surface area contributed by atoms with Crippen molar-refractivity contribution in [2.75, 3.05) is 12.0 Å². The fourth-order valence-electron chi connectivity index (χ4n) is 2.51. The largest absolute Gasteiger partial charge is 0.463 e. The van der Waals surface area contributed by atoms with Crippen molar-refractivity contribution in [2.45, 2.75) is 33.2 Å². The highest BCUT2D eigenvalue weighted by atomic mass is 16.5. The van der Waals surface area contributed by atoms with Gasteiger partial charge in [-0.2, -0.15) is 0 Å². The molecule has 0 fully saturated rings. The Balaban J connectivity index is 2.47. The third-order valence-electron chi connectivity index (χ3n) is 3.56. The number of nitrogens with one attached hydrogen (secondary N) is 1. The van der Waals surface area contributed by atoms with E-state index < -0.39 is 6.04 Å². The third-order valence-corrected chi connectivity index (χ3v) is 3.56. The third kappa shape index (κ3) is 4.04. The molecular formula is C17H23N4O2+. The highest BCUT2D eigenvalue weighted by Gasteiger charge is 2.27. The highest BCUT2D eigenvalue weighted by molar-refractivity contribution is 5.72. The number of anilines is 1.